The third-order valence-corrected chi connectivity index (χ3v) is 17.2. The normalized spacial score (nSPS) is 12.7. The fourth-order valence-corrected chi connectivity index (χ4v) is 13.5. The molecule has 1 aliphatic carbocycles. The van der Waals surface area contributed by atoms with Crippen LogP contribution in [0.3, 0.4) is 0 Å². The highest BCUT2D eigenvalue weighted by Crippen LogP contribution is 2.54. The van der Waals surface area contributed by atoms with Gasteiger partial charge in [0.15, 0.2) is 0 Å². The maximum atomic E-state index is 6.71. The minimum atomic E-state index is -0.170. The van der Waals surface area contributed by atoms with Crippen molar-refractivity contribution in [1.29, 1.82) is 0 Å². The first-order chi connectivity index (χ1) is 38.8. The Bertz CT molecular complexity index is 4700. The van der Waals surface area contributed by atoms with E-state index < -0.39 is 0 Å². The van der Waals surface area contributed by atoms with Crippen molar-refractivity contribution in [2.24, 2.45) is 0 Å². The lowest BCUT2D eigenvalue weighted by molar-refractivity contribution is 0.661. The molecule has 374 valence electrons. The van der Waals surface area contributed by atoms with Gasteiger partial charge in [-0.05, 0) is 180 Å². The Balaban J connectivity index is 0.966. The van der Waals surface area contributed by atoms with E-state index in [2.05, 4.69) is 285 Å². The number of rotatable bonds is 8. The lowest BCUT2D eigenvalue weighted by atomic mass is 9.76. The van der Waals surface area contributed by atoms with Gasteiger partial charge in [0, 0.05) is 43.4 Å². The number of nitrogens with zero attached hydrogens (tertiary/aromatic N) is 2. The van der Waals surface area contributed by atoms with Crippen LogP contribution >= 0.6 is 11.6 Å². The van der Waals surface area contributed by atoms with Crippen LogP contribution in [-0.4, -0.2) is 9.13 Å². The molecule has 0 radical (unpaired) electrons. The molecule has 2 heterocycles. The highest BCUT2D eigenvalue weighted by Gasteiger charge is 2.36. The van der Waals surface area contributed by atoms with Crippen molar-refractivity contribution >= 4 is 55.2 Å². The number of halogens is 1. The molecule has 0 amide bonds. The summed E-state index contributed by atoms with van der Waals surface area (Å²) in [5.74, 6) is 0. The molecule has 0 bridgehead atoms. The van der Waals surface area contributed by atoms with Crippen LogP contribution in [0.4, 0.5) is 0 Å². The number of hydrogen-bond donors (Lipinski definition) is 0. The van der Waals surface area contributed by atoms with Gasteiger partial charge in [0.1, 0.15) is 0 Å². The molecule has 0 saturated heterocycles. The number of benzene rings is 12. The molecule has 0 aliphatic heterocycles. The summed E-state index contributed by atoms with van der Waals surface area (Å²) in [6.07, 6.45) is 0. The quantitative estimate of drug-likeness (QED) is 0.144. The van der Waals surface area contributed by atoms with E-state index >= 15 is 0 Å². The largest absolute Gasteiger partial charge is 0.309 e. The molecule has 0 N–H and O–H groups in total. The van der Waals surface area contributed by atoms with Gasteiger partial charge >= 0.3 is 0 Å². The summed E-state index contributed by atoms with van der Waals surface area (Å²) < 4.78 is 4.89. The number of hydrogen-bond acceptors (Lipinski definition) is 0. The summed E-state index contributed by atoms with van der Waals surface area (Å²) in [6.45, 7) is 7.07. The minimum Gasteiger partial charge on any atom is -0.309 e. The van der Waals surface area contributed by atoms with Crippen LogP contribution in [-0.2, 0) is 5.41 Å². The second-order valence-electron chi connectivity index (χ2n) is 21.7. The maximum absolute atomic E-state index is 6.71. The zero-order valence-corrected chi connectivity index (χ0v) is 44.9. The smallest absolute Gasteiger partial charge is 0.0544 e. The zero-order valence-electron chi connectivity index (χ0n) is 44.2. The average Bonchev–Trinajstić information content (AvgIpc) is 4.33. The van der Waals surface area contributed by atoms with Crippen molar-refractivity contribution in [3.8, 4) is 89.3 Å². The van der Waals surface area contributed by atoms with Gasteiger partial charge < -0.3 is 9.13 Å². The van der Waals surface area contributed by atoms with Crippen LogP contribution in [0, 0.1) is 6.92 Å². The lowest BCUT2D eigenvalue weighted by Gasteiger charge is -2.27. The van der Waals surface area contributed by atoms with Gasteiger partial charge in [-0.3, -0.25) is 0 Å². The minimum absolute atomic E-state index is 0.170. The highest BCUT2D eigenvalue weighted by atomic mass is 35.5. The summed E-state index contributed by atoms with van der Waals surface area (Å²) in [7, 11) is 0. The summed E-state index contributed by atoms with van der Waals surface area (Å²) >= 11 is 6.71. The first kappa shape index (κ1) is 46.8. The molecule has 12 aromatic carbocycles. The fraction of sp³-hybridized carbons (Fsp3) is 0.0526. The zero-order chi connectivity index (χ0) is 52.9. The van der Waals surface area contributed by atoms with Gasteiger partial charge in [0.05, 0.1) is 22.1 Å². The van der Waals surface area contributed by atoms with Crippen LogP contribution in [0.15, 0.2) is 267 Å². The van der Waals surface area contributed by atoms with Crippen LogP contribution in [0.25, 0.3) is 133 Å². The second kappa shape index (κ2) is 18.3. The molecule has 79 heavy (non-hydrogen) atoms. The summed E-state index contributed by atoms with van der Waals surface area (Å²) in [5.41, 5.74) is 27.6. The first-order valence-corrected chi connectivity index (χ1v) is 27.7. The SMILES string of the molecule is Cc1c(-c2ccccc2)c(-c2ccccc2)c(-c2ccc(Cl)cc2)c(-c2ccc(-n3c4ccc(-c5ccc6c(c5)c5ccccc5n6-c5ccccc5)cc4c4cc5c(cc43)C(C)(C)c3ccccc3-5)cc2)c1-c1ccccc1. The number of para-hydroxylation sites is 2. The van der Waals surface area contributed by atoms with Gasteiger partial charge in [-0.15, -0.1) is 0 Å². The third kappa shape index (κ3) is 7.39. The van der Waals surface area contributed by atoms with E-state index in [1.54, 1.807) is 0 Å². The van der Waals surface area contributed by atoms with E-state index in [1.165, 1.54) is 122 Å². The predicted molar refractivity (Wildman–Crippen MR) is 335 cm³/mol. The van der Waals surface area contributed by atoms with Crippen molar-refractivity contribution in [1.82, 2.24) is 9.13 Å². The molecule has 2 nitrogen and oxygen atoms in total. The Morgan fingerprint density at radius 3 is 1.29 bits per heavy atom. The van der Waals surface area contributed by atoms with Crippen LogP contribution < -0.4 is 0 Å². The monoisotopic (exact) mass is 1030 g/mol. The topological polar surface area (TPSA) is 9.86 Å². The summed E-state index contributed by atoms with van der Waals surface area (Å²) in [5, 5.41) is 5.66. The second-order valence-corrected chi connectivity index (χ2v) is 22.2. The van der Waals surface area contributed by atoms with Crippen molar-refractivity contribution in [3.05, 3.63) is 289 Å². The van der Waals surface area contributed by atoms with Gasteiger partial charge in [-0.25, -0.2) is 0 Å². The van der Waals surface area contributed by atoms with Gasteiger partial charge in [-0.2, -0.15) is 0 Å². The molecule has 2 aromatic heterocycles. The van der Waals surface area contributed by atoms with E-state index in [9.17, 15) is 0 Å². The average molecular weight is 1030 g/mol. The van der Waals surface area contributed by atoms with E-state index in [0.29, 0.717) is 5.02 Å². The molecule has 15 rings (SSSR count). The predicted octanol–water partition coefficient (Wildman–Crippen LogP) is 21.2. The number of aromatic nitrogens is 2. The fourth-order valence-electron chi connectivity index (χ4n) is 13.3. The van der Waals surface area contributed by atoms with Gasteiger partial charge in [0.25, 0.3) is 0 Å². The van der Waals surface area contributed by atoms with Crippen molar-refractivity contribution in [2.75, 3.05) is 0 Å². The van der Waals surface area contributed by atoms with Crippen LogP contribution in [0.1, 0.15) is 30.5 Å². The van der Waals surface area contributed by atoms with Crippen LogP contribution in [0.2, 0.25) is 5.02 Å². The molecule has 0 fully saturated rings. The molecule has 0 spiro atoms. The van der Waals surface area contributed by atoms with Crippen LogP contribution in [0.5, 0.6) is 0 Å². The third-order valence-electron chi connectivity index (χ3n) is 17.0. The van der Waals surface area contributed by atoms with Crippen molar-refractivity contribution in [2.45, 2.75) is 26.2 Å². The molecule has 0 atom stereocenters. The summed E-state index contributed by atoms with van der Waals surface area (Å²) in [6, 6.07) is 98.1. The first-order valence-electron chi connectivity index (χ1n) is 27.4. The lowest BCUT2D eigenvalue weighted by Crippen LogP contribution is -2.14. The Morgan fingerprint density at radius 2 is 0.696 bits per heavy atom. The number of fused-ring (bicyclic) bond motifs is 9. The highest BCUT2D eigenvalue weighted by molar-refractivity contribution is 6.30. The molecular formula is C76H53ClN2. The molecule has 14 aromatic rings. The Kier molecular flexibility index (Phi) is 10.9. The standard InChI is InChI=1S/C76H53ClN2/c1-48-71(49-20-8-4-9-21-49)73(51-24-12-6-13-25-51)75(52-32-38-56(77)39-33-52)74(72(48)50-22-10-5-11-23-50)53-34-40-58(41-35-53)79-69-43-37-55(45-63(69)64-46-61-59-28-16-18-30-65(59)76(2,3)66(61)47-70(64)79)54-36-42-68-62(44-54)60-29-17-19-31-67(60)78(68)57-26-14-7-15-27-57/h4-47H,1-3H3. The molecule has 1 aliphatic rings. The van der Waals surface area contributed by atoms with E-state index in [-0.39, 0.29) is 5.41 Å². The Morgan fingerprint density at radius 1 is 0.291 bits per heavy atom. The molecular weight excluding hydrogens is 976 g/mol. The Hall–Kier alpha value is -9.47. The van der Waals surface area contributed by atoms with Crippen molar-refractivity contribution < 1.29 is 0 Å². The van der Waals surface area contributed by atoms with Gasteiger partial charge in [0.2, 0.25) is 0 Å². The summed E-state index contributed by atoms with van der Waals surface area (Å²) in [4.78, 5) is 0. The molecule has 0 unspecified atom stereocenters. The van der Waals surface area contributed by atoms with E-state index in [1.807, 2.05) is 12.1 Å². The van der Waals surface area contributed by atoms with Crippen molar-refractivity contribution in [3.63, 3.8) is 0 Å². The molecule has 0 saturated carbocycles. The molecule has 3 heteroatoms. The Labute approximate surface area is 465 Å². The van der Waals surface area contributed by atoms with E-state index in [4.69, 9.17) is 11.6 Å². The van der Waals surface area contributed by atoms with Gasteiger partial charge in [-0.1, -0.05) is 214 Å². The van der Waals surface area contributed by atoms with E-state index in [0.717, 1.165) is 28.1 Å². The maximum Gasteiger partial charge on any atom is 0.0544 e.